The largest absolute Gasteiger partial charge is 0.339 e. The van der Waals surface area contributed by atoms with E-state index in [9.17, 15) is 4.79 Å². The molecule has 0 aliphatic carbocycles. The fourth-order valence-electron chi connectivity index (χ4n) is 3.25. The Hall–Kier alpha value is -0.480. The van der Waals surface area contributed by atoms with Gasteiger partial charge < -0.3 is 10.2 Å². The Morgan fingerprint density at radius 3 is 2.38 bits per heavy atom. The predicted molar refractivity (Wildman–Crippen MR) is 88.7 cm³/mol. The Morgan fingerprint density at radius 2 is 1.76 bits per heavy atom. The third-order valence-electron chi connectivity index (χ3n) is 4.47. The molecule has 3 nitrogen and oxygen atoms in total. The molecule has 2 atom stereocenters. The highest BCUT2D eigenvalue weighted by Crippen LogP contribution is 2.29. The van der Waals surface area contributed by atoms with Crippen LogP contribution in [0.3, 0.4) is 0 Å². The number of nitrogens with one attached hydrogen (secondary N) is 1. The predicted octanol–water partition coefficient (Wildman–Crippen LogP) is 3.49. The van der Waals surface area contributed by atoms with Crippen molar-refractivity contribution in [3.8, 4) is 0 Å². The van der Waals surface area contributed by atoms with Gasteiger partial charge in [-0.25, -0.2) is 0 Å². The van der Waals surface area contributed by atoms with Gasteiger partial charge in [0, 0.05) is 18.1 Å². The fourth-order valence-corrected chi connectivity index (χ4v) is 3.62. The summed E-state index contributed by atoms with van der Waals surface area (Å²) < 4.78 is 0. The van der Waals surface area contributed by atoms with E-state index in [-0.39, 0.29) is 18.3 Å². The summed E-state index contributed by atoms with van der Waals surface area (Å²) in [5.74, 6) is 1.43. The molecule has 2 fully saturated rings. The Bertz CT molecular complexity index is 510. The van der Waals surface area contributed by atoms with Crippen LogP contribution in [-0.4, -0.2) is 37.0 Å². The summed E-state index contributed by atoms with van der Waals surface area (Å²) in [4.78, 5) is 14.5. The maximum absolute atomic E-state index is 12.6. The molecule has 2 heterocycles. The Labute approximate surface area is 141 Å². The number of carbonyl (C=O) groups is 1. The van der Waals surface area contributed by atoms with E-state index in [1.807, 2.05) is 4.90 Å². The molecule has 0 saturated carbocycles. The standard InChI is InChI=1S/C15H18Cl2N2O.ClH/c16-12-1-2-14(17)13(7-12)15(20)19-5-3-10-8-18-9-11(10)4-6-19;/h1-2,7,10-11,18H,3-6,8-9H2;1H/t10-,11+;. The lowest BCUT2D eigenvalue weighted by Gasteiger charge is -2.21. The lowest BCUT2D eigenvalue weighted by atomic mass is 9.92. The molecule has 6 heteroatoms. The van der Waals surface area contributed by atoms with Gasteiger partial charge in [0.1, 0.15) is 0 Å². The summed E-state index contributed by atoms with van der Waals surface area (Å²) in [5.41, 5.74) is 0.518. The van der Waals surface area contributed by atoms with Gasteiger partial charge in [0.25, 0.3) is 5.91 Å². The molecule has 0 radical (unpaired) electrons. The number of amides is 1. The van der Waals surface area contributed by atoms with Gasteiger partial charge in [-0.1, -0.05) is 23.2 Å². The SMILES string of the molecule is Cl.O=C(c1cc(Cl)ccc1Cl)N1CC[C@@H]2CNC[C@@H]2CC1. The second-order valence-corrected chi connectivity index (χ2v) is 6.52. The first-order valence-electron chi connectivity index (χ1n) is 7.10. The molecule has 2 aliphatic heterocycles. The van der Waals surface area contributed by atoms with E-state index in [0.29, 0.717) is 27.4 Å². The van der Waals surface area contributed by atoms with Crippen molar-refractivity contribution in [2.24, 2.45) is 11.8 Å². The maximum atomic E-state index is 12.6. The van der Waals surface area contributed by atoms with Crippen LogP contribution in [0.1, 0.15) is 23.2 Å². The Kier molecular flexibility index (Phi) is 5.78. The van der Waals surface area contributed by atoms with E-state index in [4.69, 9.17) is 23.2 Å². The Balaban J connectivity index is 0.00000161. The quantitative estimate of drug-likeness (QED) is 0.842. The summed E-state index contributed by atoms with van der Waals surface area (Å²) in [6.07, 6.45) is 2.14. The minimum Gasteiger partial charge on any atom is -0.339 e. The Morgan fingerprint density at radius 1 is 1.14 bits per heavy atom. The number of hydrogen-bond acceptors (Lipinski definition) is 2. The average Bonchev–Trinajstić information content (AvgIpc) is 2.80. The van der Waals surface area contributed by atoms with E-state index in [1.54, 1.807) is 18.2 Å². The van der Waals surface area contributed by atoms with E-state index in [2.05, 4.69) is 5.32 Å². The molecule has 1 aromatic rings. The van der Waals surface area contributed by atoms with E-state index >= 15 is 0 Å². The van der Waals surface area contributed by atoms with E-state index in [1.165, 1.54) is 0 Å². The summed E-state index contributed by atoms with van der Waals surface area (Å²) in [6.45, 7) is 3.80. The highest BCUT2D eigenvalue weighted by molar-refractivity contribution is 6.35. The average molecular weight is 350 g/mol. The van der Waals surface area contributed by atoms with Crippen molar-refractivity contribution in [3.63, 3.8) is 0 Å². The van der Waals surface area contributed by atoms with Crippen molar-refractivity contribution in [2.45, 2.75) is 12.8 Å². The molecule has 1 aromatic carbocycles. The van der Waals surface area contributed by atoms with Crippen LogP contribution in [0.25, 0.3) is 0 Å². The minimum absolute atomic E-state index is 0. The van der Waals surface area contributed by atoms with Gasteiger partial charge in [-0.15, -0.1) is 12.4 Å². The van der Waals surface area contributed by atoms with Crippen LogP contribution < -0.4 is 5.32 Å². The van der Waals surface area contributed by atoms with Crippen molar-refractivity contribution in [3.05, 3.63) is 33.8 Å². The first-order valence-corrected chi connectivity index (χ1v) is 7.86. The van der Waals surface area contributed by atoms with Crippen LogP contribution in [-0.2, 0) is 0 Å². The number of likely N-dealkylation sites (tertiary alicyclic amines) is 1. The number of carbonyl (C=O) groups excluding carboxylic acids is 1. The number of rotatable bonds is 1. The van der Waals surface area contributed by atoms with Crippen LogP contribution in [0.5, 0.6) is 0 Å². The fraction of sp³-hybridized carbons (Fsp3) is 0.533. The highest BCUT2D eigenvalue weighted by Gasteiger charge is 2.32. The molecule has 2 aliphatic rings. The number of hydrogen-bond donors (Lipinski definition) is 1. The molecule has 1 N–H and O–H groups in total. The highest BCUT2D eigenvalue weighted by atomic mass is 35.5. The maximum Gasteiger partial charge on any atom is 0.255 e. The van der Waals surface area contributed by atoms with Gasteiger partial charge in [-0.05, 0) is 56.0 Å². The van der Waals surface area contributed by atoms with Crippen molar-refractivity contribution in [1.82, 2.24) is 10.2 Å². The normalized spacial score (nSPS) is 25.0. The zero-order chi connectivity index (χ0) is 14.1. The molecular formula is C15H19Cl3N2O. The lowest BCUT2D eigenvalue weighted by molar-refractivity contribution is 0.0758. The second kappa shape index (κ2) is 7.19. The van der Waals surface area contributed by atoms with Gasteiger partial charge in [0.05, 0.1) is 10.6 Å². The van der Waals surface area contributed by atoms with E-state index in [0.717, 1.165) is 39.0 Å². The summed E-state index contributed by atoms with van der Waals surface area (Å²) in [5, 5.41) is 4.47. The topological polar surface area (TPSA) is 32.3 Å². The lowest BCUT2D eigenvalue weighted by Crippen LogP contribution is -2.33. The zero-order valence-corrected chi connectivity index (χ0v) is 14.0. The minimum atomic E-state index is 0. The number of benzene rings is 1. The molecule has 116 valence electrons. The number of fused-ring (bicyclic) bond motifs is 1. The van der Waals surface area contributed by atoms with Gasteiger partial charge in [-0.3, -0.25) is 4.79 Å². The monoisotopic (exact) mass is 348 g/mol. The van der Waals surface area contributed by atoms with Gasteiger partial charge in [-0.2, -0.15) is 0 Å². The van der Waals surface area contributed by atoms with Crippen molar-refractivity contribution >= 4 is 41.5 Å². The molecule has 0 spiro atoms. The molecule has 1 amide bonds. The number of nitrogens with zero attached hydrogens (tertiary/aromatic N) is 1. The van der Waals surface area contributed by atoms with Crippen LogP contribution in [0.4, 0.5) is 0 Å². The van der Waals surface area contributed by atoms with E-state index < -0.39 is 0 Å². The molecule has 0 unspecified atom stereocenters. The molecule has 0 aromatic heterocycles. The summed E-state index contributed by atoms with van der Waals surface area (Å²) in [7, 11) is 0. The molecule has 3 rings (SSSR count). The van der Waals surface area contributed by atoms with Crippen LogP contribution in [0.2, 0.25) is 10.0 Å². The first-order chi connectivity index (χ1) is 9.65. The second-order valence-electron chi connectivity index (χ2n) is 5.67. The summed E-state index contributed by atoms with van der Waals surface area (Å²) in [6, 6.07) is 5.06. The third-order valence-corrected chi connectivity index (χ3v) is 5.03. The zero-order valence-electron chi connectivity index (χ0n) is 11.6. The van der Waals surface area contributed by atoms with Crippen molar-refractivity contribution in [1.29, 1.82) is 0 Å². The van der Waals surface area contributed by atoms with Gasteiger partial charge in [0.2, 0.25) is 0 Å². The number of halogens is 3. The van der Waals surface area contributed by atoms with Crippen molar-refractivity contribution < 1.29 is 4.79 Å². The molecular weight excluding hydrogens is 331 g/mol. The van der Waals surface area contributed by atoms with Crippen LogP contribution in [0.15, 0.2) is 18.2 Å². The van der Waals surface area contributed by atoms with Crippen LogP contribution in [0, 0.1) is 11.8 Å². The summed E-state index contributed by atoms with van der Waals surface area (Å²) >= 11 is 12.1. The van der Waals surface area contributed by atoms with Crippen molar-refractivity contribution in [2.75, 3.05) is 26.2 Å². The smallest absolute Gasteiger partial charge is 0.255 e. The third kappa shape index (κ3) is 3.65. The van der Waals surface area contributed by atoms with Crippen LogP contribution >= 0.6 is 35.6 Å². The molecule has 21 heavy (non-hydrogen) atoms. The van der Waals surface area contributed by atoms with Gasteiger partial charge >= 0.3 is 0 Å². The molecule has 0 bridgehead atoms. The molecule has 2 saturated heterocycles. The van der Waals surface area contributed by atoms with Gasteiger partial charge in [0.15, 0.2) is 0 Å². The first kappa shape index (κ1) is 16.9.